The van der Waals surface area contributed by atoms with Crippen LogP contribution in [0.5, 0.6) is 5.88 Å². The summed E-state index contributed by atoms with van der Waals surface area (Å²) in [5.41, 5.74) is 6.88. The van der Waals surface area contributed by atoms with Crippen molar-refractivity contribution in [3.8, 4) is 5.88 Å². The highest BCUT2D eigenvalue weighted by Crippen LogP contribution is 2.26. The normalized spacial score (nSPS) is 11.3. The average molecular weight is 278 g/mol. The number of amidine groups is 1. The van der Waals surface area contributed by atoms with Crippen molar-refractivity contribution in [1.29, 1.82) is 0 Å². The van der Waals surface area contributed by atoms with Gasteiger partial charge in [0.25, 0.3) is 0 Å². The summed E-state index contributed by atoms with van der Waals surface area (Å²) in [6.07, 6.45) is 1.49. The van der Waals surface area contributed by atoms with Crippen molar-refractivity contribution in [3.63, 3.8) is 0 Å². The lowest BCUT2D eigenvalue weighted by Gasteiger charge is -2.09. The predicted octanol–water partition coefficient (Wildman–Crippen LogP) is 2.41. The molecule has 98 valence electrons. The number of hydrogen-bond donors (Lipinski definition) is 2. The lowest BCUT2D eigenvalue weighted by atomic mass is 10.2. The van der Waals surface area contributed by atoms with Gasteiger partial charge < -0.3 is 15.7 Å². The van der Waals surface area contributed by atoms with Gasteiger partial charge in [-0.15, -0.1) is 0 Å². The van der Waals surface area contributed by atoms with E-state index in [0.717, 1.165) is 5.56 Å². The summed E-state index contributed by atoms with van der Waals surface area (Å²) >= 11 is 6.09. The summed E-state index contributed by atoms with van der Waals surface area (Å²) in [6.45, 7) is 0.340. The van der Waals surface area contributed by atoms with Gasteiger partial charge >= 0.3 is 0 Å². The Balaban J connectivity index is 2.17. The van der Waals surface area contributed by atoms with Crippen LogP contribution in [0.3, 0.4) is 0 Å². The molecule has 0 saturated carbocycles. The molecule has 0 bridgehead atoms. The van der Waals surface area contributed by atoms with E-state index in [9.17, 15) is 0 Å². The molecule has 0 spiro atoms. The zero-order valence-electron chi connectivity index (χ0n) is 9.95. The topological polar surface area (TPSA) is 80.7 Å². The molecule has 0 aliphatic carbocycles. The first kappa shape index (κ1) is 13.2. The van der Waals surface area contributed by atoms with E-state index < -0.39 is 0 Å². The highest BCUT2D eigenvalue weighted by atomic mass is 35.5. The van der Waals surface area contributed by atoms with E-state index in [-0.39, 0.29) is 16.7 Å². The number of nitrogens with two attached hydrogens (primary N) is 1. The Morgan fingerprint density at radius 2 is 2.05 bits per heavy atom. The number of ether oxygens (including phenoxy) is 1. The van der Waals surface area contributed by atoms with Gasteiger partial charge in [-0.05, 0) is 11.6 Å². The van der Waals surface area contributed by atoms with E-state index in [1.54, 1.807) is 6.07 Å². The number of aromatic nitrogens is 1. The fraction of sp³-hybridized carbons (Fsp3) is 0.0769. The van der Waals surface area contributed by atoms with Crippen molar-refractivity contribution in [2.24, 2.45) is 10.9 Å². The first-order chi connectivity index (χ1) is 9.22. The molecule has 2 rings (SSSR count). The summed E-state index contributed by atoms with van der Waals surface area (Å²) in [7, 11) is 0. The molecular weight excluding hydrogens is 266 g/mol. The summed E-state index contributed by atoms with van der Waals surface area (Å²) in [5, 5.41) is 11.8. The first-order valence-electron chi connectivity index (χ1n) is 5.51. The van der Waals surface area contributed by atoms with Gasteiger partial charge in [0.2, 0.25) is 5.88 Å². The van der Waals surface area contributed by atoms with Crippen LogP contribution in [0.4, 0.5) is 0 Å². The van der Waals surface area contributed by atoms with Gasteiger partial charge in [0.15, 0.2) is 5.84 Å². The van der Waals surface area contributed by atoms with Crippen LogP contribution >= 0.6 is 11.6 Å². The van der Waals surface area contributed by atoms with Crippen LogP contribution < -0.4 is 10.5 Å². The molecule has 0 saturated heterocycles. The van der Waals surface area contributed by atoms with E-state index in [1.807, 2.05) is 30.3 Å². The Bertz CT molecular complexity index is 588. The van der Waals surface area contributed by atoms with Gasteiger partial charge in [-0.25, -0.2) is 4.98 Å². The molecule has 0 unspecified atom stereocenters. The summed E-state index contributed by atoms with van der Waals surface area (Å²) in [5.74, 6) is 0.159. The van der Waals surface area contributed by atoms with Gasteiger partial charge in [0.05, 0.1) is 0 Å². The molecule has 0 radical (unpaired) electrons. The van der Waals surface area contributed by atoms with Crippen molar-refractivity contribution in [3.05, 3.63) is 58.7 Å². The molecular formula is C13H12ClN3O2. The minimum absolute atomic E-state index is 0.0861. The van der Waals surface area contributed by atoms with E-state index in [1.165, 1.54) is 6.20 Å². The summed E-state index contributed by atoms with van der Waals surface area (Å²) in [6, 6.07) is 11.2. The van der Waals surface area contributed by atoms with Gasteiger partial charge in [0, 0.05) is 11.8 Å². The van der Waals surface area contributed by atoms with Gasteiger partial charge in [-0.3, -0.25) is 0 Å². The zero-order valence-corrected chi connectivity index (χ0v) is 10.7. The molecule has 0 amide bonds. The van der Waals surface area contributed by atoms with Crippen LogP contribution in [0.2, 0.25) is 5.02 Å². The molecule has 1 heterocycles. The number of benzene rings is 1. The maximum Gasteiger partial charge on any atom is 0.233 e. The number of halogens is 1. The Morgan fingerprint density at radius 1 is 1.32 bits per heavy atom. The fourth-order valence-electron chi connectivity index (χ4n) is 1.50. The average Bonchev–Trinajstić information content (AvgIpc) is 2.46. The molecule has 0 aliphatic heterocycles. The lowest BCUT2D eigenvalue weighted by molar-refractivity contribution is 0.294. The Morgan fingerprint density at radius 3 is 2.74 bits per heavy atom. The molecule has 0 aliphatic rings. The second kappa shape index (κ2) is 6.06. The molecule has 5 nitrogen and oxygen atoms in total. The maximum atomic E-state index is 8.65. The lowest BCUT2D eigenvalue weighted by Crippen LogP contribution is -2.14. The molecule has 0 atom stereocenters. The largest absolute Gasteiger partial charge is 0.472 e. The second-order valence-electron chi connectivity index (χ2n) is 3.74. The van der Waals surface area contributed by atoms with E-state index in [2.05, 4.69) is 10.1 Å². The van der Waals surface area contributed by atoms with Crippen LogP contribution in [0.1, 0.15) is 11.1 Å². The fourth-order valence-corrected chi connectivity index (χ4v) is 1.77. The highest BCUT2D eigenvalue weighted by Gasteiger charge is 2.12. The summed E-state index contributed by atoms with van der Waals surface area (Å²) in [4.78, 5) is 4.02. The van der Waals surface area contributed by atoms with Gasteiger partial charge in [-0.2, -0.15) is 0 Å². The Labute approximate surface area is 115 Å². The van der Waals surface area contributed by atoms with Crippen molar-refractivity contribution in [2.75, 3.05) is 0 Å². The molecule has 1 aromatic heterocycles. The van der Waals surface area contributed by atoms with Crippen molar-refractivity contribution in [2.45, 2.75) is 6.61 Å². The molecule has 19 heavy (non-hydrogen) atoms. The second-order valence-corrected chi connectivity index (χ2v) is 4.12. The molecule has 2 aromatic rings. The number of hydrogen-bond acceptors (Lipinski definition) is 4. The third-order valence-electron chi connectivity index (χ3n) is 2.46. The molecule has 1 aromatic carbocycles. The highest BCUT2D eigenvalue weighted by molar-refractivity contribution is 6.35. The predicted molar refractivity (Wildman–Crippen MR) is 72.5 cm³/mol. The third kappa shape index (κ3) is 3.14. The van der Waals surface area contributed by atoms with Crippen molar-refractivity contribution < 1.29 is 9.94 Å². The smallest absolute Gasteiger partial charge is 0.233 e. The van der Waals surface area contributed by atoms with Crippen LogP contribution in [-0.4, -0.2) is 16.0 Å². The van der Waals surface area contributed by atoms with Crippen molar-refractivity contribution >= 4 is 17.4 Å². The van der Waals surface area contributed by atoms with E-state index in [0.29, 0.717) is 12.2 Å². The molecule has 0 fully saturated rings. The van der Waals surface area contributed by atoms with Gasteiger partial charge in [0.1, 0.15) is 11.6 Å². The number of rotatable bonds is 4. The third-order valence-corrected chi connectivity index (χ3v) is 2.82. The number of oxime groups is 1. The molecule has 3 N–H and O–H groups in total. The number of pyridine rings is 1. The zero-order chi connectivity index (χ0) is 13.7. The monoisotopic (exact) mass is 277 g/mol. The Kier molecular flexibility index (Phi) is 4.20. The molecule has 6 heteroatoms. The summed E-state index contributed by atoms with van der Waals surface area (Å²) < 4.78 is 5.52. The quantitative estimate of drug-likeness (QED) is 0.389. The van der Waals surface area contributed by atoms with Gasteiger partial charge in [-0.1, -0.05) is 47.1 Å². The minimum Gasteiger partial charge on any atom is -0.472 e. The number of nitrogens with zero attached hydrogens (tertiary/aromatic N) is 2. The van der Waals surface area contributed by atoms with Crippen LogP contribution in [0.15, 0.2) is 47.8 Å². The Hall–Kier alpha value is -2.27. The van der Waals surface area contributed by atoms with Crippen LogP contribution in [0.25, 0.3) is 0 Å². The standard InChI is InChI=1S/C13H12ClN3O2/c14-11-10(12(15)17-18)6-7-16-13(11)19-8-9-4-2-1-3-5-9/h1-7,18H,8H2,(H2,15,17). The first-order valence-corrected chi connectivity index (χ1v) is 5.89. The maximum absolute atomic E-state index is 8.65. The van der Waals surface area contributed by atoms with E-state index in [4.69, 9.17) is 27.3 Å². The van der Waals surface area contributed by atoms with Crippen LogP contribution in [-0.2, 0) is 6.61 Å². The van der Waals surface area contributed by atoms with Crippen LogP contribution in [0, 0.1) is 0 Å². The van der Waals surface area contributed by atoms with Crippen molar-refractivity contribution in [1.82, 2.24) is 4.98 Å². The SMILES string of the molecule is N/C(=N/O)c1ccnc(OCc2ccccc2)c1Cl. The minimum atomic E-state index is -0.0861. The van der Waals surface area contributed by atoms with E-state index >= 15 is 0 Å².